The second kappa shape index (κ2) is 4.35. The van der Waals surface area contributed by atoms with Gasteiger partial charge in [0.15, 0.2) is 0 Å². The Balaban J connectivity index is 2.95. The minimum absolute atomic E-state index is 0.254. The molecule has 0 heterocycles. The van der Waals surface area contributed by atoms with E-state index in [-0.39, 0.29) is 11.3 Å². The van der Waals surface area contributed by atoms with E-state index < -0.39 is 6.36 Å². The van der Waals surface area contributed by atoms with Gasteiger partial charge < -0.3 is 9.84 Å². The molecule has 1 rings (SSSR count). The lowest BCUT2D eigenvalue weighted by Gasteiger charge is -2.11. The maximum absolute atomic E-state index is 11.9. The molecular weight excluding hydrogens is 312 g/mol. The zero-order chi connectivity index (χ0) is 10.8. The minimum Gasteiger partial charge on any atom is -0.405 e. The Labute approximate surface area is 91.8 Å². The highest BCUT2D eigenvalue weighted by molar-refractivity contribution is 14.1. The summed E-state index contributed by atoms with van der Waals surface area (Å²) in [7, 11) is 0. The molecule has 0 bridgehead atoms. The van der Waals surface area contributed by atoms with Crippen molar-refractivity contribution < 1.29 is 23.0 Å². The molecule has 0 aromatic heterocycles. The molecule has 0 unspecified atom stereocenters. The number of halogens is 4. The van der Waals surface area contributed by atoms with Crippen LogP contribution in [0.15, 0.2) is 18.2 Å². The maximum Gasteiger partial charge on any atom is 0.573 e. The summed E-state index contributed by atoms with van der Waals surface area (Å²) >= 11 is 1.71. The van der Waals surface area contributed by atoms with Crippen molar-refractivity contribution in [3.05, 3.63) is 33.9 Å². The molecular formula is C8H5F3IO2. The lowest BCUT2D eigenvalue weighted by molar-refractivity contribution is -0.275. The summed E-state index contributed by atoms with van der Waals surface area (Å²) in [6.07, 6.45) is -4.71. The Bertz CT molecular complexity index is 325. The van der Waals surface area contributed by atoms with Crippen LogP contribution in [0.5, 0.6) is 5.75 Å². The molecule has 0 aliphatic carbocycles. The number of aliphatic hydroxyl groups excluding tert-OH is 1. The molecule has 1 radical (unpaired) electrons. The van der Waals surface area contributed by atoms with Crippen molar-refractivity contribution in [3.63, 3.8) is 0 Å². The molecule has 0 amide bonds. The van der Waals surface area contributed by atoms with E-state index in [1.54, 1.807) is 22.6 Å². The van der Waals surface area contributed by atoms with Gasteiger partial charge in [-0.25, -0.2) is 0 Å². The smallest absolute Gasteiger partial charge is 0.405 e. The minimum atomic E-state index is -4.71. The zero-order valence-electron chi connectivity index (χ0n) is 6.68. The molecule has 14 heavy (non-hydrogen) atoms. The van der Waals surface area contributed by atoms with Gasteiger partial charge in [-0.05, 0) is 40.3 Å². The van der Waals surface area contributed by atoms with Gasteiger partial charge in [0, 0.05) is 0 Å². The number of benzene rings is 1. The molecule has 1 N–H and O–H groups in total. The molecule has 2 nitrogen and oxygen atoms in total. The Morgan fingerprint density at radius 2 is 2.00 bits per heavy atom. The van der Waals surface area contributed by atoms with Crippen LogP contribution in [0.25, 0.3) is 0 Å². The van der Waals surface area contributed by atoms with Crippen LogP contribution in [0.2, 0.25) is 0 Å². The van der Waals surface area contributed by atoms with E-state index in [2.05, 4.69) is 4.74 Å². The van der Waals surface area contributed by atoms with E-state index in [0.29, 0.717) is 10.2 Å². The molecule has 6 heteroatoms. The fourth-order valence-corrected chi connectivity index (χ4v) is 1.25. The van der Waals surface area contributed by atoms with Gasteiger partial charge in [-0.2, -0.15) is 0 Å². The van der Waals surface area contributed by atoms with Crippen molar-refractivity contribution in [2.75, 3.05) is 0 Å². The Hall–Kier alpha value is -0.500. The summed E-state index contributed by atoms with van der Waals surface area (Å²) in [6, 6.07) is 4.00. The van der Waals surface area contributed by atoms with E-state index in [1.807, 2.05) is 0 Å². The number of alkyl halides is 3. The van der Waals surface area contributed by atoms with Crippen molar-refractivity contribution in [3.8, 4) is 5.75 Å². The highest BCUT2D eigenvalue weighted by Crippen LogP contribution is 2.28. The normalized spacial score (nSPS) is 11.5. The number of hydrogen-bond donors (Lipinski definition) is 1. The van der Waals surface area contributed by atoms with Crippen LogP contribution in [-0.4, -0.2) is 11.5 Å². The third-order valence-electron chi connectivity index (χ3n) is 1.33. The lowest BCUT2D eigenvalue weighted by atomic mass is 10.2. The summed E-state index contributed by atoms with van der Waals surface area (Å²) in [5.41, 5.74) is 0.254. The van der Waals surface area contributed by atoms with Crippen LogP contribution >= 0.6 is 22.6 Å². The van der Waals surface area contributed by atoms with Crippen LogP contribution in [0.4, 0.5) is 13.2 Å². The van der Waals surface area contributed by atoms with Crippen molar-refractivity contribution >= 4 is 22.6 Å². The van der Waals surface area contributed by atoms with Crippen molar-refractivity contribution in [1.29, 1.82) is 0 Å². The largest absolute Gasteiger partial charge is 0.573 e. The fraction of sp³-hybridized carbons (Fsp3) is 0.125. The lowest BCUT2D eigenvalue weighted by Crippen LogP contribution is -2.17. The maximum atomic E-state index is 11.9. The molecule has 0 spiro atoms. The van der Waals surface area contributed by atoms with Crippen LogP contribution in [0, 0.1) is 10.2 Å². The monoisotopic (exact) mass is 317 g/mol. The Morgan fingerprint density at radius 3 is 2.50 bits per heavy atom. The van der Waals surface area contributed by atoms with Crippen LogP contribution in [0.3, 0.4) is 0 Å². The molecule has 0 atom stereocenters. The first-order valence-corrected chi connectivity index (χ1v) is 4.53. The highest BCUT2D eigenvalue weighted by atomic mass is 127. The van der Waals surface area contributed by atoms with Gasteiger partial charge in [-0.15, -0.1) is 13.2 Å². The fourth-order valence-electron chi connectivity index (χ4n) is 0.803. The first-order chi connectivity index (χ1) is 6.42. The van der Waals surface area contributed by atoms with E-state index in [0.717, 1.165) is 6.07 Å². The van der Waals surface area contributed by atoms with Gasteiger partial charge in [0.1, 0.15) is 12.4 Å². The summed E-state index contributed by atoms with van der Waals surface area (Å²) in [5, 5.41) is 8.59. The van der Waals surface area contributed by atoms with E-state index in [1.165, 1.54) is 12.1 Å². The van der Waals surface area contributed by atoms with Crippen molar-refractivity contribution in [1.82, 2.24) is 0 Å². The topological polar surface area (TPSA) is 29.5 Å². The number of rotatable bonds is 2. The van der Waals surface area contributed by atoms with Crippen LogP contribution < -0.4 is 4.74 Å². The molecule has 0 saturated heterocycles. The van der Waals surface area contributed by atoms with Crippen molar-refractivity contribution in [2.24, 2.45) is 0 Å². The molecule has 0 fully saturated rings. The second-order valence-electron chi connectivity index (χ2n) is 2.37. The summed E-state index contributed by atoms with van der Waals surface area (Å²) in [4.78, 5) is 0. The predicted molar refractivity (Wildman–Crippen MR) is 51.2 cm³/mol. The number of hydrogen-bond acceptors (Lipinski definition) is 2. The Morgan fingerprint density at radius 1 is 1.36 bits per heavy atom. The standard InChI is InChI=1S/C8H5F3IO2/c9-8(10,11)14-7-3-5(4-13)1-2-6(7)12/h1-4,13H. The first kappa shape index (κ1) is 11.6. The van der Waals surface area contributed by atoms with Crippen LogP contribution in [0.1, 0.15) is 5.56 Å². The van der Waals surface area contributed by atoms with Gasteiger partial charge in [-0.1, -0.05) is 6.07 Å². The second-order valence-corrected chi connectivity index (χ2v) is 3.53. The number of ether oxygens (including phenoxy) is 1. The van der Waals surface area contributed by atoms with Gasteiger partial charge in [0.2, 0.25) is 0 Å². The number of aliphatic hydroxyl groups is 1. The van der Waals surface area contributed by atoms with Crippen LogP contribution in [-0.2, 0) is 0 Å². The van der Waals surface area contributed by atoms with Gasteiger partial charge in [0.05, 0.1) is 3.57 Å². The van der Waals surface area contributed by atoms with Gasteiger partial charge >= 0.3 is 6.36 Å². The Kier molecular flexibility index (Phi) is 3.59. The van der Waals surface area contributed by atoms with Gasteiger partial charge in [-0.3, -0.25) is 0 Å². The molecule has 0 aliphatic heterocycles. The molecule has 0 saturated carbocycles. The highest BCUT2D eigenvalue weighted by Gasteiger charge is 2.31. The summed E-state index contributed by atoms with van der Waals surface area (Å²) in [5.74, 6) is -0.319. The average Bonchev–Trinajstić information content (AvgIpc) is 2.06. The molecule has 1 aromatic rings. The quantitative estimate of drug-likeness (QED) is 0.850. The molecule has 77 valence electrons. The molecule has 1 aromatic carbocycles. The van der Waals surface area contributed by atoms with Gasteiger partial charge in [0.25, 0.3) is 0 Å². The SMILES string of the molecule is O[CH]c1ccc(I)c(OC(F)(F)F)c1. The average molecular weight is 317 g/mol. The van der Waals surface area contributed by atoms with E-state index >= 15 is 0 Å². The molecule has 0 aliphatic rings. The summed E-state index contributed by atoms with van der Waals surface area (Å²) in [6.45, 7) is 0.708. The van der Waals surface area contributed by atoms with E-state index in [9.17, 15) is 13.2 Å². The van der Waals surface area contributed by atoms with E-state index in [4.69, 9.17) is 5.11 Å². The first-order valence-electron chi connectivity index (χ1n) is 3.45. The van der Waals surface area contributed by atoms with Crippen molar-refractivity contribution in [2.45, 2.75) is 6.36 Å². The third-order valence-corrected chi connectivity index (χ3v) is 2.22. The predicted octanol–water partition coefficient (Wildman–Crippen LogP) is 3.07. The third kappa shape index (κ3) is 3.33. The summed E-state index contributed by atoms with van der Waals surface area (Å²) < 4.78 is 39.6. The zero-order valence-corrected chi connectivity index (χ0v) is 8.83.